The van der Waals surface area contributed by atoms with Gasteiger partial charge in [-0.15, -0.1) is 0 Å². The summed E-state index contributed by atoms with van der Waals surface area (Å²) in [5, 5.41) is 15.7. The number of rotatable bonds is 13. The molecule has 0 aliphatic rings. The number of hydrogen-bond donors (Lipinski definition) is 3. The molecule has 1 unspecified atom stereocenters. The number of nitrogens with one attached hydrogen (secondary N) is 2. The maximum atomic E-state index is 13.5. The molecule has 0 radical (unpaired) electrons. The van der Waals surface area contributed by atoms with Gasteiger partial charge in [0.1, 0.15) is 5.56 Å². The Morgan fingerprint density at radius 1 is 0.974 bits per heavy atom. The van der Waals surface area contributed by atoms with Gasteiger partial charge in [-0.1, -0.05) is 74.0 Å². The summed E-state index contributed by atoms with van der Waals surface area (Å²) in [6, 6.07) is 18.6. The molecule has 39 heavy (non-hydrogen) atoms. The third kappa shape index (κ3) is 8.08. The quantitative estimate of drug-likeness (QED) is 0.224. The number of carbonyl (C=O) groups is 3. The van der Waals surface area contributed by atoms with Crippen molar-refractivity contribution in [1.82, 2.24) is 20.6 Å². The Morgan fingerprint density at radius 2 is 1.59 bits per heavy atom. The number of unbranched alkanes of at least 4 members (excludes halogenated alkanes) is 1. The molecule has 0 bridgehead atoms. The number of aromatic nitrogens is 2. The number of hydrogen-bond acceptors (Lipinski definition) is 8. The third-order valence-electron chi connectivity index (χ3n) is 5.79. The molecular formula is C29H34N4O6. The monoisotopic (exact) mass is 534 g/mol. The van der Waals surface area contributed by atoms with Gasteiger partial charge in [-0.25, -0.2) is 9.78 Å². The molecule has 206 valence electrons. The molecule has 2 aromatic carbocycles. The van der Waals surface area contributed by atoms with Gasteiger partial charge in [0, 0.05) is 6.20 Å². The van der Waals surface area contributed by atoms with Gasteiger partial charge in [-0.05, 0) is 31.4 Å². The fraction of sp³-hybridized carbons (Fsp3) is 0.345. The molecule has 0 saturated carbocycles. The molecule has 0 spiro atoms. The number of amides is 2. The van der Waals surface area contributed by atoms with E-state index in [2.05, 4.69) is 20.6 Å². The second-order valence-corrected chi connectivity index (χ2v) is 9.02. The Morgan fingerprint density at radius 3 is 2.15 bits per heavy atom. The summed E-state index contributed by atoms with van der Waals surface area (Å²) in [5.41, 5.74) is -0.0966. The first kappa shape index (κ1) is 29.2. The molecule has 1 heterocycles. The lowest BCUT2D eigenvalue weighted by atomic mass is 9.98. The molecule has 0 aliphatic heterocycles. The molecule has 2 amide bonds. The average Bonchev–Trinajstić information content (AvgIpc) is 2.95. The Labute approximate surface area is 227 Å². The van der Waals surface area contributed by atoms with Crippen LogP contribution in [0.3, 0.4) is 0 Å². The van der Waals surface area contributed by atoms with Crippen LogP contribution in [0.15, 0.2) is 66.9 Å². The number of carbonyl (C=O) groups excluding carboxylic acids is 3. The van der Waals surface area contributed by atoms with E-state index in [-0.39, 0.29) is 30.5 Å². The van der Waals surface area contributed by atoms with Crippen molar-refractivity contribution >= 4 is 17.8 Å². The van der Waals surface area contributed by atoms with Crippen molar-refractivity contribution in [2.24, 2.45) is 0 Å². The van der Waals surface area contributed by atoms with Gasteiger partial charge in [0.05, 0.1) is 25.8 Å². The van der Waals surface area contributed by atoms with Crippen molar-refractivity contribution in [3.63, 3.8) is 0 Å². The van der Waals surface area contributed by atoms with Crippen LogP contribution in [0.5, 0.6) is 5.88 Å². The molecule has 1 aromatic heterocycles. The van der Waals surface area contributed by atoms with Crippen molar-refractivity contribution in [2.45, 2.75) is 45.3 Å². The van der Waals surface area contributed by atoms with Crippen LogP contribution in [0.4, 0.5) is 0 Å². The summed E-state index contributed by atoms with van der Waals surface area (Å²) in [7, 11) is 0. The molecule has 3 rings (SSSR count). The van der Waals surface area contributed by atoms with Gasteiger partial charge in [0.2, 0.25) is 11.7 Å². The average molecular weight is 535 g/mol. The van der Waals surface area contributed by atoms with Crippen LogP contribution in [0, 0.1) is 0 Å². The van der Waals surface area contributed by atoms with E-state index in [1.165, 1.54) is 13.1 Å². The third-order valence-corrected chi connectivity index (χ3v) is 5.79. The van der Waals surface area contributed by atoms with Crippen LogP contribution in [0.2, 0.25) is 0 Å². The van der Waals surface area contributed by atoms with E-state index < -0.39 is 36.0 Å². The molecule has 1 atom stereocenters. The second kappa shape index (κ2) is 14.0. The Kier molecular flexibility index (Phi) is 10.5. The summed E-state index contributed by atoms with van der Waals surface area (Å²) in [4.78, 5) is 46.4. The predicted molar refractivity (Wildman–Crippen MR) is 144 cm³/mol. The Balaban J connectivity index is 1.85. The van der Waals surface area contributed by atoms with Crippen LogP contribution >= 0.6 is 0 Å². The zero-order valence-corrected chi connectivity index (χ0v) is 22.3. The highest BCUT2D eigenvalue weighted by Crippen LogP contribution is 2.24. The van der Waals surface area contributed by atoms with Gasteiger partial charge in [-0.3, -0.25) is 9.59 Å². The molecule has 0 saturated heterocycles. The molecule has 3 aromatic rings. The molecular weight excluding hydrogens is 500 g/mol. The van der Waals surface area contributed by atoms with Gasteiger partial charge >= 0.3 is 5.97 Å². The minimum Gasteiger partial charge on any atom is -0.477 e. The number of ether oxygens (including phenoxy) is 2. The highest BCUT2D eigenvalue weighted by molar-refractivity contribution is 5.97. The summed E-state index contributed by atoms with van der Waals surface area (Å²) < 4.78 is 10.6. The fourth-order valence-electron chi connectivity index (χ4n) is 3.60. The first-order valence-electron chi connectivity index (χ1n) is 12.8. The minimum absolute atomic E-state index is 0.0434. The largest absolute Gasteiger partial charge is 0.477 e. The maximum absolute atomic E-state index is 13.5. The van der Waals surface area contributed by atoms with E-state index in [1.807, 2.05) is 67.6 Å². The van der Waals surface area contributed by atoms with Crippen molar-refractivity contribution in [3.05, 3.63) is 89.4 Å². The minimum atomic E-state index is -1.93. The molecule has 10 heteroatoms. The summed E-state index contributed by atoms with van der Waals surface area (Å²) in [6.45, 7) is 4.79. The highest BCUT2D eigenvalue weighted by atomic mass is 16.5. The normalized spacial score (nSPS) is 12.3. The summed E-state index contributed by atoms with van der Waals surface area (Å²) in [6.07, 6.45) is 2.80. The Bertz CT molecular complexity index is 1210. The second-order valence-electron chi connectivity index (χ2n) is 9.02. The Hall–Kier alpha value is -4.31. The predicted octanol–water partition coefficient (Wildman–Crippen LogP) is 3.22. The SMILES string of the molecule is CCCCOc1nc(C(=O)NCC(C)(O)C(=O)OCC)ncc1C(=O)NC(c1ccccc1)c1ccccc1. The maximum Gasteiger partial charge on any atom is 0.339 e. The summed E-state index contributed by atoms with van der Waals surface area (Å²) in [5.74, 6) is -2.42. The van der Waals surface area contributed by atoms with Crippen molar-refractivity contribution < 1.29 is 29.0 Å². The van der Waals surface area contributed by atoms with Crippen molar-refractivity contribution in [3.8, 4) is 5.88 Å². The van der Waals surface area contributed by atoms with E-state index >= 15 is 0 Å². The van der Waals surface area contributed by atoms with Gasteiger partial charge < -0.3 is 25.2 Å². The van der Waals surface area contributed by atoms with Crippen LogP contribution in [0.25, 0.3) is 0 Å². The molecule has 0 aliphatic carbocycles. The molecule has 3 N–H and O–H groups in total. The van der Waals surface area contributed by atoms with E-state index in [0.29, 0.717) is 6.42 Å². The van der Waals surface area contributed by atoms with E-state index in [0.717, 1.165) is 17.5 Å². The van der Waals surface area contributed by atoms with E-state index in [4.69, 9.17) is 9.47 Å². The number of nitrogens with zero attached hydrogens (tertiary/aromatic N) is 2. The van der Waals surface area contributed by atoms with Crippen molar-refractivity contribution in [1.29, 1.82) is 0 Å². The van der Waals surface area contributed by atoms with Gasteiger partial charge in [0.15, 0.2) is 5.60 Å². The number of aliphatic hydroxyl groups is 1. The number of benzene rings is 2. The first-order valence-corrected chi connectivity index (χ1v) is 12.8. The zero-order valence-electron chi connectivity index (χ0n) is 22.3. The highest BCUT2D eigenvalue weighted by Gasteiger charge is 2.33. The number of esters is 1. The van der Waals surface area contributed by atoms with Gasteiger partial charge in [-0.2, -0.15) is 4.98 Å². The lowest BCUT2D eigenvalue weighted by Crippen LogP contribution is -2.47. The van der Waals surface area contributed by atoms with Crippen LogP contribution in [-0.2, 0) is 9.53 Å². The molecule has 0 fully saturated rings. The molecule has 10 nitrogen and oxygen atoms in total. The van der Waals surface area contributed by atoms with Crippen LogP contribution < -0.4 is 15.4 Å². The summed E-state index contributed by atoms with van der Waals surface area (Å²) >= 11 is 0. The fourth-order valence-corrected chi connectivity index (χ4v) is 3.60. The van der Waals surface area contributed by atoms with E-state index in [9.17, 15) is 19.5 Å². The van der Waals surface area contributed by atoms with Crippen LogP contribution in [0.1, 0.15) is 71.8 Å². The van der Waals surface area contributed by atoms with E-state index in [1.54, 1.807) is 6.92 Å². The van der Waals surface area contributed by atoms with Crippen molar-refractivity contribution in [2.75, 3.05) is 19.8 Å². The first-order chi connectivity index (χ1) is 18.8. The standard InChI is InChI=1S/C29H34N4O6/c1-4-6-17-39-27-22(18-30-24(33-27)26(35)31-19-29(3,37)28(36)38-5-2)25(34)32-23(20-13-9-7-10-14-20)21-15-11-8-12-16-21/h7-16,18,23,37H,4-6,17,19H2,1-3H3,(H,31,35)(H,32,34). The lowest BCUT2D eigenvalue weighted by Gasteiger charge is -2.21. The van der Waals surface area contributed by atoms with Crippen LogP contribution in [-0.4, -0.2) is 58.2 Å². The lowest BCUT2D eigenvalue weighted by molar-refractivity contribution is -0.162. The smallest absolute Gasteiger partial charge is 0.339 e. The topological polar surface area (TPSA) is 140 Å². The zero-order chi connectivity index (χ0) is 28.3. The van der Waals surface area contributed by atoms with Gasteiger partial charge in [0.25, 0.3) is 11.8 Å².